The molecular formula is C32H30N2O6S. The molecule has 4 N–H and O–H groups in total. The number of fused-ring (bicyclic) bond motifs is 2. The molecule has 3 aromatic carbocycles. The monoisotopic (exact) mass is 570 g/mol. The van der Waals surface area contributed by atoms with Crippen LogP contribution in [-0.4, -0.2) is 33.7 Å². The van der Waals surface area contributed by atoms with E-state index in [1.807, 2.05) is 24.3 Å². The molecule has 0 fully saturated rings. The number of aromatic amines is 1. The number of carbonyl (C=O) groups excluding carboxylic acids is 1. The van der Waals surface area contributed by atoms with E-state index >= 15 is 0 Å². The number of amides is 1. The maximum Gasteiger partial charge on any atom is 0.303 e. The van der Waals surface area contributed by atoms with Crippen molar-refractivity contribution in [2.75, 3.05) is 11.9 Å². The highest BCUT2D eigenvalue weighted by atomic mass is 32.1. The van der Waals surface area contributed by atoms with E-state index in [0.717, 1.165) is 46.2 Å². The molecular weight excluding hydrogens is 540 g/mol. The zero-order valence-corrected chi connectivity index (χ0v) is 23.1. The number of carbonyl (C=O) groups is 2. The molecule has 5 aromatic rings. The summed E-state index contributed by atoms with van der Waals surface area (Å²) in [4.78, 5) is 40.2. The maximum absolute atomic E-state index is 13.0. The lowest BCUT2D eigenvalue weighted by atomic mass is 10.1. The summed E-state index contributed by atoms with van der Waals surface area (Å²) in [5.41, 5.74) is 0.782. The summed E-state index contributed by atoms with van der Waals surface area (Å²) < 4.78 is 6.90. The third-order valence-electron chi connectivity index (χ3n) is 6.84. The van der Waals surface area contributed by atoms with Gasteiger partial charge >= 0.3 is 5.97 Å². The van der Waals surface area contributed by atoms with Crippen LogP contribution >= 0.6 is 11.3 Å². The van der Waals surface area contributed by atoms with E-state index in [-0.39, 0.29) is 17.7 Å². The quantitative estimate of drug-likeness (QED) is 0.118. The van der Waals surface area contributed by atoms with Crippen molar-refractivity contribution < 1.29 is 24.5 Å². The molecule has 0 saturated heterocycles. The van der Waals surface area contributed by atoms with Gasteiger partial charge in [-0.2, -0.15) is 0 Å². The van der Waals surface area contributed by atoms with Gasteiger partial charge < -0.3 is 25.3 Å². The molecule has 5 rings (SSSR count). The van der Waals surface area contributed by atoms with Gasteiger partial charge in [0.2, 0.25) is 0 Å². The Balaban J connectivity index is 1.20. The van der Waals surface area contributed by atoms with Crippen LogP contribution in [-0.2, 0) is 4.79 Å². The predicted octanol–water partition coefficient (Wildman–Crippen LogP) is 7.17. The number of rotatable bonds is 12. The molecule has 0 radical (unpaired) electrons. The molecule has 0 aliphatic rings. The molecule has 0 unspecified atom stereocenters. The summed E-state index contributed by atoms with van der Waals surface area (Å²) in [5, 5.41) is 23.7. The Morgan fingerprint density at radius 3 is 2.44 bits per heavy atom. The van der Waals surface area contributed by atoms with Crippen LogP contribution in [0.1, 0.15) is 48.9 Å². The van der Waals surface area contributed by atoms with Crippen LogP contribution in [0.25, 0.3) is 31.4 Å². The number of carboxylic acid groups (broad SMARTS) is 1. The Labute approximate surface area is 240 Å². The minimum absolute atomic E-state index is 0.211. The number of carboxylic acids is 1. The largest absolute Gasteiger partial charge is 0.506 e. The van der Waals surface area contributed by atoms with E-state index in [4.69, 9.17) is 9.84 Å². The lowest BCUT2D eigenvalue weighted by molar-refractivity contribution is -0.137. The number of anilines is 1. The van der Waals surface area contributed by atoms with Crippen molar-refractivity contribution >= 4 is 49.9 Å². The summed E-state index contributed by atoms with van der Waals surface area (Å²) >= 11 is 1.64. The van der Waals surface area contributed by atoms with Gasteiger partial charge in [0.1, 0.15) is 17.1 Å². The van der Waals surface area contributed by atoms with Crippen LogP contribution in [0, 0.1) is 0 Å². The van der Waals surface area contributed by atoms with Gasteiger partial charge in [0, 0.05) is 27.1 Å². The van der Waals surface area contributed by atoms with Crippen molar-refractivity contribution in [2.45, 2.75) is 38.5 Å². The van der Waals surface area contributed by atoms with E-state index in [1.54, 1.807) is 47.7 Å². The van der Waals surface area contributed by atoms with Crippen LogP contribution in [0.3, 0.4) is 0 Å². The van der Waals surface area contributed by atoms with Crippen LogP contribution in [0.15, 0.2) is 77.6 Å². The van der Waals surface area contributed by atoms with Gasteiger partial charge in [-0.3, -0.25) is 14.4 Å². The number of benzene rings is 3. The number of nitrogens with one attached hydrogen (secondary N) is 2. The summed E-state index contributed by atoms with van der Waals surface area (Å²) in [6, 6.07) is 22.3. The Morgan fingerprint density at radius 2 is 1.66 bits per heavy atom. The van der Waals surface area contributed by atoms with Crippen LogP contribution < -0.4 is 15.6 Å². The van der Waals surface area contributed by atoms with Gasteiger partial charge in [0.15, 0.2) is 0 Å². The Kier molecular flexibility index (Phi) is 8.64. The summed E-state index contributed by atoms with van der Waals surface area (Å²) in [6.07, 6.45) is 4.59. The number of pyridine rings is 1. The van der Waals surface area contributed by atoms with Crippen molar-refractivity contribution in [2.24, 2.45) is 0 Å². The second-order valence-electron chi connectivity index (χ2n) is 9.83. The second kappa shape index (κ2) is 12.7. The van der Waals surface area contributed by atoms with Gasteiger partial charge in [0.05, 0.1) is 12.1 Å². The molecule has 2 aromatic heterocycles. The zero-order chi connectivity index (χ0) is 28.8. The average molecular weight is 571 g/mol. The number of unbranched alkanes of at least 4 members (excludes halogenated alkanes) is 4. The first-order valence-electron chi connectivity index (χ1n) is 13.5. The molecule has 0 aliphatic carbocycles. The SMILES string of the molecule is O=C(O)CCCCCCCOc1ccc(NC(=O)c2c(O)c3ccc(-c4cc5ccccc5s4)cc3[nH]c2=O)cc1. The lowest BCUT2D eigenvalue weighted by Gasteiger charge is -2.10. The van der Waals surface area contributed by atoms with E-state index < -0.39 is 17.4 Å². The van der Waals surface area contributed by atoms with Crippen molar-refractivity contribution in [1.29, 1.82) is 0 Å². The first-order valence-corrected chi connectivity index (χ1v) is 14.3. The normalized spacial score (nSPS) is 11.1. The van der Waals surface area contributed by atoms with E-state index in [2.05, 4.69) is 22.4 Å². The van der Waals surface area contributed by atoms with Gasteiger partial charge in [-0.05, 0) is 72.3 Å². The van der Waals surface area contributed by atoms with E-state index in [0.29, 0.717) is 35.4 Å². The molecule has 2 heterocycles. The fourth-order valence-electron chi connectivity index (χ4n) is 4.70. The molecule has 0 saturated carbocycles. The first-order chi connectivity index (χ1) is 19.9. The number of H-pyrrole nitrogens is 1. The third-order valence-corrected chi connectivity index (χ3v) is 8.00. The summed E-state index contributed by atoms with van der Waals surface area (Å²) in [5.74, 6) is -1.19. The molecule has 0 bridgehead atoms. The Bertz CT molecular complexity index is 1720. The molecule has 0 atom stereocenters. The van der Waals surface area contributed by atoms with E-state index in [1.165, 1.54) is 0 Å². The molecule has 0 aliphatic heterocycles. The molecule has 210 valence electrons. The molecule has 9 heteroatoms. The van der Waals surface area contributed by atoms with Gasteiger partial charge in [0.25, 0.3) is 11.5 Å². The average Bonchev–Trinajstić information content (AvgIpc) is 3.39. The van der Waals surface area contributed by atoms with Crippen molar-refractivity contribution in [3.05, 3.63) is 88.7 Å². The van der Waals surface area contributed by atoms with Crippen LogP contribution in [0.4, 0.5) is 5.69 Å². The van der Waals surface area contributed by atoms with Crippen LogP contribution in [0.2, 0.25) is 0 Å². The number of ether oxygens (including phenoxy) is 1. The zero-order valence-electron chi connectivity index (χ0n) is 22.3. The van der Waals surface area contributed by atoms with Crippen molar-refractivity contribution in [1.82, 2.24) is 4.98 Å². The summed E-state index contributed by atoms with van der Waals surface area (Å²) in [6.45, 7) is 0.537. The van der Waals surface area contributed by atoms with Crippen molar-refractivity contribution in [3.8, 4) is 21.9 Å². The van der Waals surface area contributed by atoms with Gasteiger partial charge in [-0.1, -0.05) is 43.5 Å². The number of hydrogen-bond donors (Lipinski definition) is 4. The van der Waals surface area contributed by atoms with Gasteiger partial charge in [-0.25, -0.2) is 0 Å². The third kappa shape index (κ3) is 6.75. The summed E-state index contributed by atoms with van der Waals surface area (Å²) in [7, 11) is 0. The fraction of sp³-hybridized carbons (Fsp3) is 0.219. The second-order valence-corrected chi connectivity index (χ2v) is 10.9. The molecule has 8 nitrogen and oxygen atoms in total. The minimum Gasteiger partial charge on any atom is -0.506 e. The Hall–Kier alpha value is -4.63. The minimum atomic E-state index is -0.758. The standard InChI is InChI=1S/C32H30N2O6S/c35-28(36)10-4-2-1-3-7-17-40-23-14-12-22(13-15-23)33-31(38)29-30(37)24-16-11-21(18-25(24)34-32(29)39)27-19-20-8-5-6-9-26(20)41-27/h5-6,8-9,11-16,18-19H,1-4,7,10,17H2,(H,33,38)(H,35,36)(H2,34,37,39). The fourth-order valence-corrected chi connectivity index (χ4v) is 5.76. The highest BCUT2D eigenvalue weighted by Crippen LogP contribution is 2.36. The van der Waals surface area contributed by atoms with Crippen molar-refractivity contribution in [3.63, 3.8) is 0 Å². The predicted molar refractivity (Wildman–Crippen MR) is 162 cm³/mol. The smallest absolute Gasteiger partial charge is 0.303 e. The van der Waals surface area contributed by atoms with E-state index in [9.17, 15) is 19.5 Å². The Morgan fingerprint density at radius 1 is 0.902 bits per heavy atom. The highest BCUT2D eigenvalue weighted by Gasteiger charge is 2.20. The molecule has 1 amide bonds. The topological polar surface area (TPSA) is 129 Å². The number of thiophene rings is 1. The number of hydrogen-bond acceptors (Lipinski definition) is 6. The first kappa shape index (κ1) is 27.9. The van der Waals surface area contributed by atoms with Crippen LogP contribution in [0.5, 0.6) is 11.5 Å². The highest BCUT2D eigenvalue weighted by molar-refractivity contribution is 7.22. The van der Waals surface area contributed by atoms with Gasteiger partial charge in [-0.15, -0.1) is 11.3 Å². The lowest BCUT2D eigenvalue weighted by Crippen LogP contribution is -2.23. The molecule has 0 spiro atoms. The molecule has 41 heavy (non-hydrogen) atoms. The number of aromatic hydroxyl groups is 1. The number of aliphatic carboxylic acids is 1. The maximum atomic E-state index is 13.0. The number of aromatic nitrogens is 1.